The Balaban J connectivity index is 0.000000198. The number of benzene rings is 5. The summed E-state index contributed by atoms with van der Waals surface area (Å²) in [5.74, 6) is -1.09. The van der Waals surface area contributed by atoms with Gasteiger partial charge in [-0.15, -0.1) is 0 Å². The Hall–Kier alpha value is -5.75. The van der Waals surface area contributed by atoms with Gasteiger partial charge in [-0.25, -0.2) is 40.0 Å². The minimum Gasteiger partial charge on any atom is -0.423 e. The van der Waals surface area contributed by atoms with Gasteiger partial charge in [0.25, 0.3) is 0 Å². The molecule has 0 saturated carbocycles. The van der Waals surface area contributed by atoms with Crippen LogP contribution in [0.5, 0.6) is 0 Å². The monoisotopic (exact) mass is 892 g/mol. The van der Waals surface area contributed by atoms with Crippen LogP contribution in [-0.2, 0) is 19.7 Å². The van der Waals surface area contributed by atoms with E-state index < -0.39 is 26.8 Å². The topological polar surface area (TPSA) is 159 Å². The van der Waals surface area contributed by atoms with Crippen molar-refractivity contribution in [1.82, 2.24) is 9.97 Å². The lowest BCUT2D eigenvalue weighted by Crippen LogP contribution is -2.29. The molecule has 60 heavy (non-hydrogen) atoms. The fourth-order valence-electron chi connectivity index (χ4n) is 5.25. The zero-order valence-electron chi connectivity index (χ0n) is 31.6. The molecule has 0 radical (unpaired) electrons. The van der Waals surface area contributed by atoms with Crippen LogP contribution in [0.3, 0.4) is 0 Å². The Labute approximate surface area is 355 Å². The van der Waals surface area contributed by atoms with Crippen molar-refractivity contribution >= 4 is 78.2 Å². The summed E-state index contributed by atoms with van der Waals surface area (Å²) >= 11 is 11.6. The van der Waals surface area contributed by atoms with E-state index in [-0.39, 0.29) is 37.5 Å². The van der Waals surface area contributed by atoms with Crippen molar-refractivity contribution in [2.75, 3.05) is 23.1 Å². The fourth-order valence-corrected chi connectivity index (χ4v) is 7.05. The lowest BCUT2D eigenvalue weighted by molar-refractivity contribution is 0.425. The Kier molecular flexibility index (Phi) is 15.1. The van der Waals surface area contributed by atoms with Crippen LogP contribution >= 0.6 is 23.2 Å². The highest BCUT2D eigenvalue weighted by Crippen LogP contribution is 2.30. The van der Waals surface area contributed by atoms with Gasteiger partial charge in [-0.05, 0) is 127 Å². The predicted octanol–water partition coefficient (Wildman–Crippen LogP) is 8.88. The lowest BCUT2D eigenvalue weighted by Gasteiger charge is -2.12. The normalized spacial score (nSPS) is 11.0. The van der Waals surface area contributed by atoms with Crippen LogP contribution in [0.25, 0.3) is 22.5 Å². The molecule has 2 heterocycles. The molecule has 308 valence electrons. The maximum absolute atomic E-state index is 13.4. The Morgan fingerprint density at radius 1 is 0.500 bits per heavy atom. The molecule has 0 aliphatic carbocycles. The van der Waals surface area contributed by atoms with Crippen LogP contribution in [-0.4, -0.2) is 56.5 Å². The van der Waals surface area contributed by atoms with Crippen molar-refractivity contribution < 1.29 is 40.1 Å². The molecule has 0 bridgehead atoms. The fraction of sp³-hybridized carbons (Fsp3) is 0.0476. The van der Waals surface area contributed by atoms with Crippen molar-refractivity contribution in [3.05, 3.63) is 173 Å². The summed E-state index contributed by atoms with van der Waals surface area (Å²) in [6.07, 6.45) is 2.31. The van der Waals surface area contributed by atoms with E-state index in [0.717, 1.165) is 12.5 Å². The van der Waals surface area contributed by atoms with Gasteiger partial charge in [0.05, 0.1) is 21.2 Å². The number of aromatic nitrogens is 2. The molecule has 0 aliphatic heterocycles. The number of rotatable bonds is 9. The van der Waals surface area contributed by atoms with Gasteiger partial charge in [0.15, 0.2) is 19.7 Å². The van der Waals surface area contributed by atoms with E-state index >= 15 is 0 Å². The zero-order chi connectivity index (χ0) is 43.6. The first-order chi connectivity index (χ1) is 28.3. The molecule has 10 nitrogen and oxygen atoms in total. The Bertz CT molecular complexity index is 2720. The molecule has 0 unspecified atom stereocenters. The first-order valence-electron chi connectivity index (χ1n) is 17.5. The molecular formula is C42H34BCl2F3N4O6S2. The standard InChI is InChI=1S/C24H18F2N2O2S.C12H10Cl2N2O2S.C6H6BFO2/c1-31(29,30)22-4-2-3-20(13-22)27-21-14-23(16-5-9-18(25)10-6-16)28-24(15-21)17-7-11-19(26)12-8-17;1-19(17,18)10-4-2-3-8(5-10)15-9-6-11(13)16-12(14)7-9;8-6-3-1-5(2-4-6)7(9)10/h2-15H,1H3,(H,27,28);2-7H,1H3,(H,15,16);1-4,9-10H. The predicted molar refractivity (Wildman–Crippen MR) is 231 cm³/mol. The number of nitrogens with zero attached hydrogens (tertiary/aromatic N) is 2. The quantitative estimate of drug-likeness (QED) is 0.0815. The molecule has 7 aromatic rings. The molecule has 18 heteroatoms. The maximum atomic E-state index is 13.4. The molecular weight excluding hydrogens is 859 g/mol. The lowest BCUT2D eigenvalue weighted by atomic mass is 9.80. The average Bonchev–Trinajstić information content (AvgIpc) is 3.18. The van der Waals surface area contributed by atoms with E-state index in [1.165, 1.54) is 66.7 Å². The van der Waals surface area contributed by atoms with E-state index in [1.807, 2.05) is 0 Å². The molecule has 0 atom stereocenters. The van der Waals surface area contributed by atoms with Gasteiger partial charge in [0, 0.05) is 46.4 Å². The molecule has 5 aromatic carbocycles. The minimum atomic E-state index is -3.35. The van der Waals surface area contributed by atoms with Crippen LogP contribution in [0.4, 0.5) is 35.9 Å². The summed E-state index contributed by atoms with van der Waals surface area (Å²) in [5.41, 5.74) is 5.38. The largest absolute Gasteiger partial charge is 0.488 e. The van der Waals surface area contributed by atoms with Gasteiger partial charge in [0.2, 0.25) is 0 Å². The maximum Gasteiger partial charge on any atom is 0.488 e. The third kappa shape index (κ3) is 13.7. The van der Waals surface area contributed by atoms with Crippen LogP contribution < -0.4 is 16.1 Å². The number of hydrogen-bond donors (Lipinski definition) is 4. The molecule has 7 rings (SSSR count). The Morgan fingerprint density at radius 2 is 0.867 bits per heavy atom. The zero-order valence-corrected chi connectivity index (χ0v) is 34.7. The first-order valence-corrected chi connectivity index (χ1v) is 22.0. The number of halogens is 5. The number of hydrogen-bond acceptors (Lipinski definition) is 10. The first kappa shape index (κ1) is 45.3. The molecule has 2 aromatic heterocycles. The van der Waals surface area contributed by atoms with E-state index in [9.17, 15) is 30.0 Å². The summed E-state index contributed by atoms with van der Waals surface area (Å²) in [5, 5.41) is 23.8. The Morgan fingerprint density at radius 3 is 1.23 bits per heavy atom. The number of pyridine rings is 2. The number of sulfone groups is 2. The molecule has 0 fully saturated rings. The summed E-state index contributed by atoms with van der Waals surface area (Å²) in [6.45, 7) is 0. The van der Waals surface area contributed by atoms with Crippen molar-refractivity contribution in [2.45, 2.75) is 9.79 Å². The van der Waals surface area contributed by atoms with E-state index in [2.05, 4.69) is 20.6 Å². The summed E-state index contributed by atoms with van der Waals surface area (Å²) in [4.78, 5) is 8.92. The number of anilines is 4. The van der Waals surface area contributed by atoms with Crippen molar-refractivity contribution in [2.24, 2.45) is 0 Å². The van der Waals surface area contributed by atoms with E-state index in [1.54, 1.807) is 78.9 Å². The molecule has 4 N–H and O–H groups in total. The molecule has 0 amide bonds. The highest BCUT2D eigenvalue weighted by Gasteiger charge is 2.12. The highest BCUT2D eigenvalue weighted by molar-refractivity contribution is 7.91. The summed E-state index contributed by atoms with van der Waals surface area (Å²) < 4.78 is 85.6. The minimum absolute atomic E-state index is 0.198. The molecule has 0 aliphatic rings. The van der Waals surface area contributed by atoms with Crippen LogP contribution in [0.1, 0.15) is 0 Å². The summed E-state index contributed by atoms with van der Waals surface area (Å²) in [6, 6.07) is 36.6. The van der Waals surface area contributed by atoms with Gasteiger partial charge < -0.3 is 20.7 Å². The van der Waals surface area contributed by atoms with Crippen LogP contribution in [0, 0.1) is 17.5 Å². The van der Waals surface area contributed by atoms with Crippen LogP contribution in [0.2, 0.25) is 10.3 Å². The second kappa shape index (κ2) is 20.0. The second-order valence-electron chi connectivity index (χ2n) is 12.9. The van der Waals surface area contributed by atoms with Crippen molar-refractivity contribution in [3.8, 4) is 22.5 Å². The third-order valence-corrected chi connectivity index (χ3v) is 10.7. The smallest absolute Gasteiger partial charge is 0.423 e. The third-order valence-electron chi connectivity index (χ3n) is 8.14. The van der Waals surface area contributed by atoms with Gasteiger partial charge in [0.1, 0.15) is 27.8 Å². The van der Waals surface area contributed by atoms with Gasteiger partial charge in [-0.2, -0.15) is 0 Å². The van der Waals surface area contributed by atoms with Gasteiger partial charge >= 0.3 is 7.12 Å². The average molecular weight is 894 g/mol. The van der Waals surface area contributed by atoms with E-state index in [4.69, 9.17) is 33.2 Å². The number of nitrogens with one attached hydrogen (secondary N) is 2. The second-order valence-corrected chi connectivity index (χ2v) is 17.7. The summed E-state index contributed by atoms with van der Waals surface area (Å²) in [7, 11) is -8.10. The van der Waals surface area contributed by atoms with Gasteiger partial charge in [-0.1, -0.05) is 47.5 Å². The highest BCUT2D eigenvalue weighted by atomic mass is 35.5. The van der Waals surface area contributed by atoms with Crippen LogP contribution in [0.15, 0.2) is 155 Å². The molecule has 0 saturated heterocycles. The van der Waals surface area contributed by atoms with Crippen molar-refractivity contribution in [3.63, 3.8) is 0 Å². The molecule has 0 spiro atoms. The van der Waals surface area contributed by atoms with E-state index in [0.29, 0.717) is 50.7 Å². The van der Waals surface area contributed by atoms with Crippen molar-refractivity contribution in [1.29, 1.82) is 0 Å². The SMILES string of the molecule is CS(=O)(=O)c1cccc(Nc2cc(-c3ccc(F)cc3)nc(-c3ccc(F)cc3)c2)c1.CS(=O)(=O)c1cccc(Nc2cc(Cl)nc(Cl)c2)c1.OB(O)c1ccc(F)cc1. The van der Waals surface area contributed by atoms with Gasteiger partial charge in [-0.3, -0.25) is 0 Å².